The van der Waals surface area contributed by atoms with Crippen molar-refractivity contribution in [2.45, 2.75) is 32.1 Å². The molecule has 0 spiro atoms. The molecule has 1 amide bonds. The molecule has 2 heterocycles. The fourth-order valence-corrected chi connectivity index (χ4v) is 2.78. The molecular weight excluding hydrogens is 300 g/mol. The zero-order chi connectivity index (χ0) is 15.8. The van der Waals surface area contributed by atoms with Crippen LogP contribution in [0.25, 0.3) is 0 Å². The van der Waals surface area contributed by atoms with E-state index in [1.165, 1.54) is 0 Å². The maximum atomic E-state index is 12.2. The molecule has 1 aliphatic heterocycles. The van der Waals surface area contributed by atoms with Crippen LogP contribution in [0.4, 0.5) is 5.82 Å². The van der Waals surface area contributed by atoms with Gasteiger partial charge in [-0.3, -0.25) is 4.79 Å². The Hall–Kier alpha value is -1.33. The molecule has 0 aromatic carbocycles. The van der Waals surface area contributed by atoms with Crippen molar-refractivity contribution in [3.63, 3.8) is 0 Å². The van der Waals surface area contributed by atoms with Crippen molar-refractivity contribution in [2.75, 3.05) is 37.6 Å². The number of carbonyl (C=O) groups excluding carboxylic acids is 1. The summed E-state index contributed by atoms with van der Waals surface area (Å²) in [5.41, 5.74) is 5.46. The Bertz CT molecular complexity index is 458. The molecule has 0 unspecified atom stereocenters. The van der Waals surface area contributed by atoms with Crippen LogP contribution in [0.5, 0.6) is 0 Å². The van der Waals surface area contributed by atoms with Crippen LogP contribution in [0.15, 0.2) is 18.3 Å². The summed E-state index contributed by atoms with van der Waals surface area (Å²) in [6.07, 6.45) is 6.57. The Morgan fingerprint density at radius 3 is 2.50 bits per heavy atom. The van der Waals surface area contributed by atoms with Gasteiger partial charge in [0, 0.05) is 38.8 Å². The van der Waals surface area contributed by atoms with Crippen molar-refractivity contribution in [2.24, 2.45) is 5.73 Å². The number of rotatable bonds is 7. The number of piperazine rings is 1. The zero-order valence-electron chi connectivity index (χ0n) is 13.0. The van der Waals surface area contributed by atoms with Gasteiger partial charge in [-0.05, 0) is 31.5 Å². The zero-order valence-corrected chi connectivity index (χ0v) is 13.8. The van der Waals surface area contributed by atoms with Crippen LogP contribution in [-0.2, 0) is 4.79 Å². The molecule has 0 atom stereocenters. The maximum Gasteiger partial charge on any atom is 0.222 e. The third-order valence-corrected chi connectivity index (χ3v) is 4.24. The number of nitrogens with two attached hydrogens (primary N) is 1. The van der Waals surface area contributed by atoms with Crippen LogP contribution >= 0.6 is 11.6 Å². The Morgan fingerprint density at radius 1 is 1.14 bits per heavy atom. The lowest BCUT2D eigenvalue weighted by molar-refractivity contribution is -0.131. The van der Waals surface area contributed by atoms with Crippen molar-refractivity contribution >= 4 is 23.3 Å². The Kier molecular flexibility index (Phi) is 6.93. The summed E-state index contributed by atoms with van der Waals surface area (Å²) < 4.78 is 0. The smallest absolute Gasteiger partial charge is 0.222 e. The molecule has 0 radical (unpaired) electrons. The summed E-state index contributed by atoms with van der Waals surface area (Å²) in [5, 5.41) is 0.646. The number of hydrogen-bond acceptors (Lipinski definition) is 4. The second-order valence-corrected chi connectivity index (χ2v) is 6.09. The molecule has 122 valence electrons. The van der Waals surface area contributed by atoms with E-state index in [9.17, 15) is 4.79 Å². The summed E-state index contributed by atoms with van der Waals surface area (Å²) in [5.74, 6) is 1.20. The number of carbonyl (C=O) groups is 1. The predicted octanol–water partition coefficient (Wildman–Crippen LogP) is 2.29. The van der Waals surface area contributed by atoms with Crippen molar-refractivity contribution in [3.8, 4) is 0 Å². The van der Waals surface area contributed by atoms with Gasteiger partial charge in [-0.25, -0.2) is 4.98 Å². The lowest BCUT2D eigenvalue weighted by atomic mass is 10.1. The van der Waals surface area contributed by atoms with Gasteiger partial charge in [-0.2, -0.15) is 0 Å². The van der Waals surface area contributed by atoms with E-state index in [1.54, 1.807) is 6.20 Å². The summed E-state index contributed by atoms with van der Waals surface area (Å²) in [6, 6.07) is 3.78. The van der Waals surface area contributed by atoms with E-state index < -0.39 is 0 Å². The van der Waals surface area contributed by atoms with Crippen molar-refractivity contribution < 1.29 is 4.79 Å². The van der Waals surface area contributed by atoms with E-state index >= 15 is 0 Å². The molecule has 1 aromatic rings. The fraction of sp³-hybridized carbons (Fsp3) is 0.625. The molecule has 1 aromatic heterocycles. The molecular formula is C16H25ClN4O. The van der Waals surface area contributed by atoms with Gasteiger partial charge in [0.25, 0.3) is 0 Å². The minimum absolute atomic E-state index is 0.275. The van der Waals surface area contributed by atoms with E-state index in [1.807, 2.05) is 17.0 Å². The lowest BCUT2D eigenvalue weighted by Gasteiger charge is -2.35. The average Bonchev–Trinajstić information content (AvgIpc) is 2.55. The van der Waals surface area contributed by atoms with Gasteiger partial charge in [-0.15, -0.1) is 0 Å². The standard InChI is InChI=1S/C16H25ClN4O/c17-14-6-7-15(19-13-14)20-9-11-21(12-10-20)16(22)5-3-1-2-4-8-18/h6-7,13H,1-5,8-12,18H2. The minimum atomic E-state index is 0.275. The number of unbranched alkanes of at least 4 members (excludes halogenated alkanes) is 3. The number of pyridine rings is 1. The van der Waals surface area contributed by atoms with Gasteiger partial charge < -0.3 is 15.5 Å². The quantitative estimate of drug-likeness (QED) is 0.782. The molecule has 5 nitrogen and oxygen atoms in total. The minimum Gasteiger partial charge on any atom is -0.353 e. The van der Waals surface area contributed by atoms with Crippen LogP contribution in [0.2, 0.25) is 5.02 Å². The lowest BCUT2D eigenvalue weighted by Crippen LogP contribution is -2.49. The van der Waals surface area contributed by atoms with Gasteiger partial charge in [0.1, 0.15) is 5.82 Å². The number of anilines is 1. The molecule has 1 aliphatic rings. The third kappa shape index (κ3) is 5.14. The first-order valence-electron chi connectivity index (χ1n) is 8.05. The third-order valence-electron chi connectivity index (χ3n) is 4.01. The van der Waals surface area contributed by atoms with Crippen LogP contribution < -0.4 is 10.6 Å². The second kappa shape index (κ2) is 8.96. The van der Waals surface area contributed by atoms with Crippen LogP contribution in [0.3, 0.4) is 0 Å². The van der Waals surface area contributed by atoms with E-state index in [0.29, 0.717) is 11.4 Å². The second-order valence-electron chi connectivity index (χ2n) is 5.66. The molecule has 1 fully saturated rings. The van der Waals surface area contributed by atoms with Crippen molar-refractivity contribution in [1.82, 2.24) is 9.88 Å². The average molecular weight is 325 g/mol. The summed E-state index contributed by atoms with van der Waals surface area (Å²) >= 11 is 5.85. The SMILES string of the molecule is NCCCCCCC(=O)N1CCN(c2ccc(Cl)cn2)CC1. The first-order chi connectivity index (χ1) is 10.7. The Balaban J connectivity index is 1.70. The topological polar surface area (TPSA) is 62.5 Å². The number of halogens is 1. The fourth-order valence-electron chi connectivity index (χ4n) is 2.67. The van der Waals surface area contributed by atoms with Crippen molar-refractivity contribution in [1.29, 1.82) is 0 Å². The molecule has 0 bridgehead atoms. The first-order valence-corrected chi connectivity index (χ1v) is 8.43. The van der Waals surface area contributed by atoms with E-state index in [-0.39, 0.29) is 5.91 Å². The summed E-state index contributed by atoms with van der Waals surface area (Å²) in [6.45, 7) is 3.94. The number of aromatic nitrogens is 1. The molecule has 0 saturated carbocycles. The highest BCUT2D eigenvalue weighted by Gasteiger charge is 2.21. The molecule has 6 heteroatoms. The molecule has 2 N–H and O–H groups in total. The summed E-state index contributed by atoms with van der Waals surface area (Å²) in [4.78, 5) is 20.7. The summed E-state index contributed by atoms with van der Waals surface area (Å²) in [7, 11) is 0. The van der Waals surface area contributed by atoms with Crippen LogP contribution in [0.1, 0.15) is 32.1 Å². The van der Waals surface area contributed by atoms with Gasteiger partial charge in [0.05, 0.1) is 5.02 Å². The molecule has 22 heavy (non-hydrogen) atoms. The van der Waals surface area contributed by atoms with Gasteiger partial charge in [-0.1, -0.05) is 24.4 Å². The van der Waals surface area contributed by atoms with Crippen LogP contribution in [-0.4, -0.2) is 48.5 Å². The highest BCUT2D eigenvalue weighted by atomic mass is 35.5. The van der Waals surface area contributed by atoms with E-state index in [4.69, 9.17) is 17.3 Å². The van der Waals surface area contributed by atoms with Gasteiger partial charge in [0.15, 0.2) is 0 Å². The van der Waals surface area contributed by atoms with E-state index in [2.05, 4.69) is 9.88 Å². The highest BCUT2D eigenvalue weighted by molar-refractivity contribution is 6.30. The number of nitrogens with zero attached hydrogens (tertiary/aromatic N) is 3. The number of hydrogen-bond donors (Lipinski definition) is 1. The Morgan fingerprint density at radius 2 is 1.86 bits per heavy atom. The normalized spacial score (nSPS) is 15.2. The largest absolute Gasteiger partial charge is 0.353 e. The maximum absolute atomic E-state index is 12.2. The number of amides is 1. The molecule has 1 saturated heterocycles. The Labute approximate surface area is 137 Å². The van der Waals surface area contributed by atoms with Gasteiger partial charge >= 0.3 is 0 Å². The monoisotopic (exact) mass is 324 g/mol. The van der Waals surface area contributed by atoms with Crippen LogP contribution in [0, 0.1) is 0 Å². The molecule has 0 aliphatic carbocycles. The highest BCUT2D eigenvalue weighted by Crippen LogP contribution is 2.16. The van der Waals surface area contributed by atoms with Gasteiger partial charge in [0.2, 0.25) is 5.91 Å². The molecule has 2 rings (SSSR count). The predicted molar refractivity (Wildman–Crippen MR) is 90.2 cm³/mol. The first kappa shape index (κ1) is 17.0. The van der Waals surface area contributed by atoms with E-state index in [0.717, 1.165) is 64.2 Å². The van der Waals surface area contributed by atoms with Crippen molar-refractivity contribution in [3.05, 3.63) is 23.4 Å².